The number of ether oxygens (including phenoxy) is 1. The number of nitrogens with zero attached hydrogens (tertiary/aromatic N) is 1. The van der Waals surface area contributed by atoms with Gasteiger partial charge in [-0.3, -0.25) is 0 Å². The van der Waals surface area contributed by atoms with Crippen LogP contribution in [0.15, 0.2) is 48.5 Å². The fourth-order valence-electron chi connectivity index (χ4n) is 2.50. The van der Waals surface area contributed by atoms with Crippen LogP contribution in [0.5, 0.6) is 5.75 Å². The van der Waals surface area contributed by atoms with Crippen LogP contribution in [0.25, 0.3) is 21.8 Å². The molecule has 0 saturated heterocycles. The van der Waals surface area contributed by atoms with E-state index >= 15 is 0 Å². The monoisotopic (exact) mass is 324 g/mol. The number of thiazole rings is 1. The molecule has 2 N–H and O–H groups in total. The van der Waals surface area contributed by atoms with Gasteiger partial charge in [-0.2, -0.15) is 0 Å². The maximum atomic E-state index is 6.09. The van der Waals surface area contributed by atoms with E-state index in [4.69, 9.17) is 15.5 Å². The Morgan fingerprint density at radius 2 is 1.83 bits per heavy atom. The molecule has 0 aliphatic carbocycles. The Morgan fingerprint density at radius 1 is 1.04 bits per heavy atom. The molecule has 0 fully saturated rings. The van der Waals surface area contributed by atoms with Crippen molar-refractivity contribution in [2.24, 2.45) is 0 Å². The van der Waals surface area contributed by atoms with Crippen molar-refractivity contribution < 1.29 is 4.74 Å². The van der Waals surface area contributed by atoms with E-state index in [-0.39, 0.29) is 0 Å². The highest BCUT2D eigenvalue weighted by Crippen LogP contribution is 2.36. The standard InChI is InChI=1S/C19H20N2OS/c1-3-17-18(13-8-6-5-7-9-13)21-19(23-17)14-10-11-16(22-4-2)15(20)12-14/h5-12H,3-4,20H2,1-2H3. The van der Waals surface area contributed by atoms with Gasteiger partial charge < -0.3 is 10.5 Å². The van der Waals surface area contributed by atoms with Gasteiger partial charge >= 0.3 is 0 Å². The Morgan fingerprint density at radius 3 is 2.48 bits per heavy atom. The van der Waals surface area contributed by atoms with E-state index in [2.05, 4.69) is 19.1 Å². The average molecular weight is 324 g/mol. The normalized spacial score (nSPS) is 10.7. The second-order valence-electron chi connectivity index (χ2n) is 5.20. The molecule has 3 aromatic rings. The average Bonchev–Trinajstić information content (AvgIpc) is 3.02. The molecular formula is C19H20N2OS. The first-order valence-corrected chi connectivity index (χ1v) is 8.62. The lowest BCUT2D eigenvalue weighted by Gasteiger charge is -2.07. The van der Waals surface area contributed by atoms with Crippen LogP contribution in [0.3, 0.4) is 0 Å². The first kappa shape index (κ1) is 15.6. The number of aryl methyl sites for hydroxylation is 1. The fourth-order valence-corrected chi connectivity index (χ4v) is 3.52. The van der Waals surface area contributed by atoms with E-state index < -0.39 is 0 Å². The number of hydrogen-bond acceptors (Lipinski definition) is 4. The van der Waals surface area contributed by atoms with Gasteiger partial charge in [-0.25, -0.2) is 4.98 Å². The van der Waals surface area contributed by atoms with Gasteiger partial charge in [0.25, 0.3) is 0 Å². The molecule has 1 heterocycles. The van der Waals surface area contributed by atoms with Crippen LogP contribution in [-0.2, 0) is 6.42 Å². The minimum absolute atomic E-state index is 0.610. The number of aromatic nitrogens is 1. The Bertz CT molecular complexity index is 796. The molecule has 3 nitrogen and oxygen atoms in total. The predicted octanol–water partition coefficient (Wildman–Crippen LogP) is 5.02. The summed E-state index contributed by atoms with van der Waals surface area (Å²) in [5, 5.41) is 0.996. The Kier molecular flexibility index (Phi) is 4.63. The summed E-state index contributed by atoms with van der Waals surface area (Å²) in [7, 11) is 0. The molecule has 0 bridgehead atoms. The first-order valence-electron chi connectivity index (χ1n) is 7.80. The van der Waals surface area contributed by atoms with Gasteiger partial charge in [0.1, 0.15) is 10.8 Å². The molecule has 0 amide bonds. The number of nitrogens with two attached hydrogens (primary N) is 1. The van der Waals surface area contributed by atoms with Crippen molar-refractivity contribution in [3.63, 3.8) is 0 Å². The van der Waals surface area contributed by atoms with Crippen molar-refractivity contribution in [1.82, 2.24) is 4.98 Å². The second kappa shape index (κ2) is 6.84. The minimum Gasteiger partial charge on any atom is -0.492 e. The molecule has 1 aromatic heterocycles. The van der Waals surface area contributed by atoms with Crippen LogP contribution < -0.4 is 10.5 Å². The molecule has 0 atom stereocenters. The lowest BCUT2D eigenvalue weighted by molar-refractivity contribution is 0.342. The maximum absolute atomic E-state index is 6.09. The Hall–Kier alpha value is -2.33. The maximum Gasteiger partial charge on any atom is 0.142 e. The van der Waals surface area contributed by atoms with Gasteiger partial charge in [-0.15, -0.1) is 11.3 Å². The van der Waals surface area contributed by atoms with Crippen molar-refractivity contribution in [3.8, 4) is 27.6 Å². The van der Waals surface area contributed by atoms with E-state index in [0.29, 0.717) is 12.3 Å². The smallest absolute Gasteiger partial charge is 0.142 e. The lowest BCUT2D eigenvalue weighted by atomic mass is 10.1. The summed E-state index contributed by atoms with van der Waals surface area (Å²) >= 11 is 1.73. The quantitative estimate of drug-likeness (QED) is 0.670. The van der Waals surface area contributed by atoms with Crippen LogP contribution in [0, 0.1) is 0 Å². The molecule has 3 rings (SSSR count). The summed E-state index contributed by atoms with van der Waals surface area (Å²) in [6, 6.07) is 16.2. The third-order valence-corrected chi connectivity index (χ3v) is 4.87. The molecule has 0 radical (unpaired) electrons. The third kappa shape index (κ3) is 3.22. The highest BCUT2D eigenvalue weighted by atomic mass is 32.1. The van der Waals surface area contributed by atoms with Crippen molar-refractivity contribution in [1.29, 1.82) is 0 Å². The van der Waals surface area contributed by atoms with Gasteiger partial charge in [0.15, 0.2) is 0 Å². The molecule has 0 saturated carbocycles. The summed E-state index contributed by atoms with van der Waals surface area (Å²) in [6.45, 7) is 4.73. The molecule has 23 heavy (non-hydrogen) atoms. The van der Waals surface area contributed by atoms with Crippen molar-refractivity contribution >= 4 is 17.0 Å². The number of rotatable bonds is 5. The molecule has 0 aliphatic rings. The zero-order valence-corrected chi connectivity index (χ0v) is 14.2. The molecule has 0 aliphatic heterocycles. The van der Waals surface area contributed by atoms with Crippen LogP contribution in [0.1, 0.15) is 18.7 Å². The van der Waals surface area contributed by atoms with Gasteiger partial charge in [-0.1, -0.05) is 37.3 Å². The minimum atomic E-state index is 0.610. The lowest BCUT2D eigenvalue weighted by Crippen LogP contribution is -1.96. The topological polar surface area (TPSA) is 48.1 Å². The van der Waals surface area contributed by atoms with E-state index in [1.54, 1.807) is 11.3 Å². The number of nitrogen functional groups attached to an aromatic ring is 1. The predicted molar refractivity (Wildman–Crippen MR) is 97.9 cm³/mol. The summed E-state index contributed by atoms with van der Waals surface area (Å²) in [5.74, 6) is 0.729. The van der Waals surface area contributed by atoms with Crippen molar-refractivity contribution in [3.05, 3.63) is 53.4 Å². The number of benzene rings is 2. The van der Waals surface area contributed by atoms with E-state index in [1.807, 2.05) is 43.3 Å². The van der Waals surface area contributed by atoms with Gasteiger partial charge in [0, 0.05) is 16.0 Å². The summed E-state index contributed by atoms with van der Waals surface area (Å²) in [5.41, 5.74) is 10.00. The zero-order chi connectivity index (χ0) is 16.2. The van der Waals surface area contributed by atoms with Crippen LogP contribution in [-0.4, -0.2) is 11.6 Å². The van der Waals surface area contributed by atoms with E-state index in [0.717, 1.165) is 34.0 Å². The van der Waals surface area contributed by atoms with E-state index in [9.17, 15) is 0 Å². The number of hydrogen-bond donors (Lipinski definition) is 1. The zero-order valence-electron chi connectivity index (χ0n) is 13.4. The summed E-state index contributed by atoms with van der Waals surface area (Å²) < 4.78 is 5.50. The fraction of sp³-hybridized carbons (Fsp3) is 0.211. The van der Waals surface area contributed by atoms with Gasteiger partial charge in [0.05, 0.1) is 18.0 Å². The Labute approximate surface area is 140 Å². The number of anilines is 1. The summed E-state index contributed by atoms with van der Waals surface area (Å²) in [6.07, 6.45) is 0.967. The van der Waals surface area contributed by atoms with Crippen molar-refractivity contribution in [2.45, 2.75) is 20.3 Å². The highest BCUT2D eigenvalue weighted by molar-refractivity contribution is 7.15. The molecule has 2 aromatic carbocycles. The molecule has 0 unspecified atom stereocenters. The molecular weight excluding hydrogens is 304 g/mol. The largest absolute Gasteiger partial charge is 0.492 e. The second-order valence-corrected chi connectivity index (χ2v) is 6.28. The van der Waals surface area contributed by atoms with Crippen LogP contribution >= 0.6 is 11.3 Å². The van der Waals surface area contributed by atoms with E-state index in [1.165, 1.54) is 4.88 Å². The molecule has 0 spiro atoms. The molecule has 4 heteroatoms. The Balaban J connectivity index is 2.01. The first-order chi connectivity index (χ1) is 11.2. The third-order valence-electron chi connectivity index (χ3n) is 3.62. The van der Waals surface area contributed by atoms with Gasteiger partial charge in [-0.05, 0) is 31.5 Å². The SMILES string of the molecule is CCOc1ccc(-c2nc(-c3ccccc3)c(CC)s2)cc1N. The van der Waals surface area contributed by atoms with Crippen LogP contribution in [0.4, 0.5) is 5.69 Å². The van der Waals surface area contributed by atoms with Gasteiger partial charge in [0.2, 0.25) is 0 Å². The highest BCUT2D eigenvalue weighted by Gasteiger charge is 2.14. The summed E-state index contributed by atoms with van der Waals surface area (Å²) in [4.78, 5) is 6.15. The molecule has 118 valence electrons. The van der Waals surface area contributed by atoms with Crippen LogP contribution in [0.2, 0.25) is 0 Å². The van der Waals surface area contributed by atoms with Crippen molar-refractivity contribution in [2.75, 3.05) is 12.3 Å².